The summed E-state index contributed by atoms with van der Waals surface area (Å²) in [7, 11) is 0. The fourth-order valence-electron chi connectivity index (χ4n) is 1.90. The zero-order valence-corrected chi connectivity index (χ0v) is 11.7. The van der Waals surface area contributed by atoms with E-state index in [9.17, 15) is 8.78 Å². The molecule has 0 fully saturated rings. The Morgan fingerprint density at radius 3 is 2.62 bits per heavy atom. The maximum atomic E-state index is 13.6. The first-order valence-corrected chi connectivity index (χ1v) is 6.37. The van der Waals surface area contributed by atoms with E-state index in [2.05, 4.69) is 5.16 Å². The number of aryl methyl sites for hydroxylation is 1. The van der Waals surface area contributed by atoms with Crippen molar-refractivity contribution in [1.82, 2.24) is 0 Å². The minimum Gasteiger partial charge on any atom is -0.488 e. The lowest BCUT2D eigenvalue weighted by molar-refractivity contribution is 0.297. The van der Waals surface area contributed by atoms with Gasteiger partial charge in [0.15, 0.2) is 0 Å². The summed E-state index contributed by atoms with van der Waals surface area (Å²) in [5.41, 5.74) is 2.22. The van der Waals surface area contributed by atoms with Crippen molar-refractivity contribution in [3.05, 3.63) is 64.7 Å². The first kappa shape index (κ1) is 15.0. The minimum atomic E-state index is -0.656. The van der Waals surface area contributed by atoms with Gasteiger partial charge in [-0.3, -0.25) is 0 Å². The molecule has 0 heterocycles. The molecule has 2 rings (SSSR count). The Morgan fingerprint density at radius 2 is 1.95 bits per heavy atom. The van der Waals surface area contributed by atoms with Crippen LogP contribution in [0.3, 0.4) is 0 Å². The van der Waals surface area contributed by atoms with Gasteiger partial charge in [-0.2, -0.15) is 0 Å². The van der Waals surface area contributed by atoms with Gasteiger partial charge in [0.1, 0.15) is 24.0 Å². The van der Waals surface area contributed by atoms with Gasteiger partial charge in [-0.25, -0.2) is 8.78 Å². The Hall–Kier alpha value is -2.43. The van der Waals surface area contributed by atoms with Crippen molar-refractivity contribution in [2.75, 3.05) is 0 Å². The van der Waals surface area contributed by atoms with Crippen LogP contribution < -0.4 is 4.74 Å². The predicted molar refractivity (Wildman–Crippen MR) is 75.9 cm³/mol. The van der Waals surface area contributed by atoms with Crippen LogP contribution in [0.15, 0.2) is 41.6 Å². The Morgan fingerprint density at radius 1 is 1.19 bits per heavy atom. The molecule has 0 bridgehead atoms. The van der Waals surface area contributed by atoms with Gasteiger partial charge >= 0.3 is 0 Å². The second kappa shape index (κ2) is 6.35. The van der Waals surface area contributed by atoms with E-state index >= 15 is 0 Å². The van der Waals surface area contributed by atoms with E-state index in [0.717, 1.165) is 11.6 Å². The monoisotopic (exact) mass is 291 g/mol. The standard InChI is InChI=1S/C16H15F2NO2/c1-10-3-6-14(11(2)19-20)16(7-10)21-9-12-4-5-13(17)8-15(12)18/h3-8,20H,9H2,1-2H3. The fraction of sp³-hybridized carbons (Fsp3) is 0.188. The zero-order valence-electron chi connectivity index (χ0n) is 11.7. The molecule has 2 aromatic rings. The van der Waals surface area contributed by atoms with Gasteiger partial charge in [0, 0.05) is 17.2 Å². The van der Waals surface area contributed by atoms with Gasteiger partial charge in [0.25, 0.3) is 0 Å². The molecule has 3 nitrogen and oxygen atoms in total. The highest BCUT2D eigenvalue weighted by atomic mass is 19.1. The number of hydrogen-bond acceptors (Lipinski definition) is 3. The van der Waals surface area contributed by atoms with E-state index in [4.69, 9.17) is 9.94 Å². The molecule has 0 aliphatic rings. The topological polar surface area (TPSA) is 41.8 Å². The fourth-order valence-corrected chi connectivity index (χ4v) is 1.90. The van der Waals surface area contributed by atoms with Crippen LogP contribution in [-0.2, 0) is 6.61 Å². The number of halogens is 2. The third kappa shape index (κ3) is 3.56. The van der Waals surface area contributed by atoms with Gasteiger partial charge in [0.2, 0.25) is 0 Å². The van der Waals surface area contributed by atoms with Gasteiger partial charge in [0.05, 0.1) is 5.71 Å². The second-order valence-corrected chi connectivity index (χ2v) is 4.71. The average molecular weight is 291 g/mol. The molecular formula is C16H15F2NO2. The summed E-state index contributed by atoms with van der Waals surface area (Å²) in [6, 6.07) is 8.73. The van der Waals surface area contributed by atoms with Crippen molar-refractivity contribution in [1.29, 1.82) is 0 Å². The molecule has 0 atom stereocenters. The molecule has 0 spiro atoms. The lowest BCUT2D eigenvalue weighted by atomic mass is 10.1. The number of oxime groups is 1. The molecule has 5 heteroatoms. The summed E-state index contributed by atoms with van der Waals surface area (Å²) in [4.78, 5) is 0. The number of benzene rings is 2. The third-order valence-electron chi connectivity index (χ3n) is 3.08. The van der Waals surface area contributed by atoms with E-state index < -0.39 is 11.6 Å². The molecule has 0 radical (unpaired) electrons. The maximum absolute atomic E-state index is 13.6. The van der Waals surface area contributed by atoms with Crippen LogP contribution in [0.2, 0.25) is 0 Å². The molecule has 2 aromatic carbocycles. The SMILES string of the molecule is CC(=NO)c1ccc(C)cc1OCc1ccc(F)cc1F. The number of rotatable bonds is 4. The summed E-state index contributed by atoms with van der Waals surface area (Å²) in [6.07, 6.45) is 0. The van der Waals surface area contributed by atoms with Gasteiger partial charge in [-0.05, 0) is 43.7 Å². The second-order valence-electron chi connectivity index (χ2n) is 4.71. The summed E-state index contributed by atoms with van der Waals surface area (Å²) in [5, 5.41) is 12.0. The van der Waals surface area contributed by atoms with E-state index in [0.29, 0.717) is 17.0 Å². The van der Waals surface area contributed by atoms with E-state index in [1.54, 1.807) is 19.1 Å². The van der Waals surface area contributed by atoms with Gasteiger partial charge in [-0.15, -0.1) is 0 Å². The summed E-state index contributed by atoms with van der Waals surface area (Å²) in [5.74, 6) is -0.804. The molecule has 0 unspecified atom stereocenters. The molecule has 0 aliphatic carbocycles. The number of hydrogen-bond donors (Lipinski definition) is 1. The highest BCUT2D eigenvalue weighted by Gasteiger charge is 2.10. The smallest absolute Gasteiger partial charge is 0.132 e. The summed E-state index contributed by atoms with van der Waals surface area (Å²) >= 11 is 0. The number of ether oxygens (including phenoxy) is 1. The average Bonchev–Trinajstić information content (AvgIpc) is 2.45. The van der Waals surface area contributed by atoms with Crippen LogP contribution >= 0.6 is 0 Å². The number of nitrogens with zero attached hydrogens (tertiary/aromatic N) is 1. The largest absolute Gasteiger partial charge is 0.488 e. The zero-order chi connectivity index (χ0) is 15.4. The van der Waals surface area contributed by atoms with Crippen molar-refractivity contribution in [2.24, 2.45) is 5.16 Å². The molecule has 0 aliphatic heterocycles. The highest BCUT2D eigenvalue weighted by Crippen LogP contribution is 2.23. The van der Waals surface area contributed by atoms with Crippen LogP contribution in [0.1, 0.15) is 23.6 Å². The van der Waals surface area contributed by atoms with Crippen LogP contribution in [0.25, 0.3) is 0 Å². The van der Waals surface area contributed by atoms with Crippen molar-refractivity contribution in [3.63, 3.8) is 0 Å². The first-order valence-electron chi connectivity index (χ1n) is 6.37. The summed E-state index contributed by atoms with van der Waals surface area (Å²) < 4.78 is 32.0. The lowest BCUT2D eigenvalue weighted by Gasteiger charge is -2.12. The Bertz CT molecular complexity index is 684. The molecular weight excluding hydrogens is 276 g/mol. The van der Waals surface area contributed by atoms with E-state index in [1.807, 2.05) is 13.0 Å². The molecule has 0 amide bonds. The van der Waals surface area contributed by atoms with Crippen molar-refractivity contribution < 1.29 is 18.7 Å². The van der Waals surface area contributed by atoms with Crippen LogP contribution in [-0.4, -0.2) is 10.9 Å². The van der Waals surface area contributed by atoms with Crippen molar-refractivity contribution in [2.45, 2.75) is 20.5 Å². The van der Waals surface area contributed by atoms with Crippen molar-refractivity contribution in [3.8, 4) is 5.75 Å². The van der Waals surface area contributed by atoms with Crippen LogP contribution in [0.4, 0.5) is 8.78 Å². The quantitative estimate of drug-likeness (QED) is 0.524. The minimum absolute atomic E-state index is 0.0404. The van der Waals surface area contributed by atoms with E-state index in [-0.39, 0.29) is 12.2 Å². The Labute approximate surface area is 121 Å². The van der Waals surface area contributed by atoms with Crippen LogP contribution in [0.5, 0.6) is 5.75 Å². The van der Waals surface area contributed by atoms with Crippen molar-refractivity contribution >= 4 is 5.71 Å². The molecule has 0 aromatic heterocycles. The highest BCUT2D eigenvalue weighted by molar-refractivity contribution is 6.00. The summed E-state index contributed by atoms with van der Waals surface area (Å²) in [6.45, 7) is 3.48. The van der Waals surface area contributed by atoms with Gasteiger partial charge < -0.3 is 9.94 Å². The predicted octanol–water partition coefficient (Wildman–Crippen LogP) is 4.05. The normalized spacial score (nSPS) is 11.5. The Balaban J connectivity index is 2.25. The third-order valence-corrected chi connectivity index (χ3v) is 3.08. The van der Waals surface area contributed by atoms with E-state index in [1.165, 1.54) is 12.1 Å². The van der Waals surface area contributed by atoms with Crippen LogP contribution in [0, 0.1) is 18.6 Å². The molecule has 1 N–H and O–H groups in total. The lowest BCUT2D eigenvalue weighted by Crippen LogP contribution is -2.04. The molecule has 0 saturated heterocycles. The Kier molecular flexibility index (Phi) is 4.52. The first-order chi connectivity index (χ1) is 10.0. The molecule has 0 saturated carbocycles. The maximum Gasteiger partial charge on any atom is 0.132 e. The molecule has 21 heavy (non-hydrogen) atoms. The molecule has 110 valence electrons. The van der Waals surface area contributed by atoms with Gasteiger partial charge in [-0.1, -0.05) is 11.2 Å².